The molecule has 1 saturated carbocycles. The van der Waals surface area contributed by atoms with Gasteiger partial charge in [0.1, 0.15) is 0 Å². The van der Waals surface area contributed by atoms with Gasteiger partial charge in [-0.2, -0.15) is 0 Å². The number of ether oxygens (including phenoxy) is 3. The molecular formula is C16H16O7. The molecule has 3 aliphatic heterocycles. The molecule has 0 aromatic heterocycles. The summed E-state index contributed by atoms with van der Waals surface area (Å²) >= 11 is 0. The van der Waals surface area contributed by atoms with Crippen LogP contribution < -0.4 is 0 Å². The van der Waals surface area contributed by atoms with E-state index in [-0.39, 0.29) is 12.2 Å². The molecule has 4 rings (SSSR count). The van der Waals surface area contributed by atoms with E-state index in [0.717, 1.165) is 0 Å². The Morgan fingerprint density at radius 2 is 1.91 bits per heavy atom. The first-order chi connectivity index (χ1) is 10.7. The maximum absolute atomic E-state index is 12.7. The predicted molar refractivity (Wildman–Crippen MR) is 73.5 cm³/mol. The van der Waals surface area contributed by atoms with Gasteiger partial charge >= 0.3 is 11.9 Å². The van der Waals surface area contributed by atoms with Crippen molar-refractivity contribution < 1.29 is 33.7 Å². The van der Waals surface area contributed by atoms with Crippen molar-refractivity contribution in [3.8, 4) is 0 Å². The normalized spacial score (nSPS) is 47.6. The lowest BCUT2D eigenvalue weighted by Gasteiger charge is -2.53. The minimum atomic E-state index is -2.25. The molecule has 0 amide bonds. The largest absolute Gasteiger partial charge is 0.485 e. The summed E-state index contributed by atoms with van der Waals surface area (Å²) in [6, 6.07) is 0. The van der Waals surface area contributed by atoms with E-state index >= 15 is 0 Å². The number of fused-ring (bicyclic) bond motifs is 1. The lowest BCUT2D eigenvalue weighted by atomic mass is 9.58. The molecule has 5 atom stereocenters. The van der Waals surface area contributed by atoms with Gasteiger partial charge in [-0.05, 0) is 19.4 Å². The fourth-order valence-electron chi connectivity index (χ4n) is 4.50. The third-order valence-corrected chi connectivity index (χ3v) is 5.61. The number of carbonyl (C=O) groups is 3. The SMILES string of the molecule is CC1=COC2(C1=O)[C@H](C)C[C@@]13OC(=O)[C@H]2[C@]1(O)OC(=O)C=C3C. The number of esters is 2. The molecule has 1 aliphatic carbocycles. The zero-order valence-corrected chi connectivity index (χ0v) is 12.9. The van der Waals surface area contributed by atoms with E-state index in [0.29, 0.717) is 11.1 Å². The number of carbonyl (C=O) groups excluding carboxylic acids is 3. The van der Waals surface area contributed by atoms with Crippen LogP contribution in [0.3, 0.4) is 0 Å². The van der Waals surface area contributed by atoms with Gasteiger partial charge in [-0.15, -0.1) is 0 Å². The second kappa shape index (κ2) is 3.84. The van der Waals surface area contributed by atoms with Gasteiger partial charge in [0.05, 0.1) is 6.26 Å². The number of Topliss-reactive ketones (excluding diaryl/α,β-unsaturated/α-hetero) is 1. The molecule has 7 nitrogen and oxygen atoms in total. The van der Waals surface area contributed by atoms with Crippen molar-refractivity contribution in [2.45, 2.75) is 44.2 Å². The second-order valence-electron chi connectivity index (χ2n) is 6.77. The van der Waals surface area contributed by atoms with Gasteiger partial charge in [0.2, 0.25) is 5.78 Å². The van der Waals surface area contributed by atoms with Crippen LogP contribution in [0, 0.1) is 11.8 Å². The maximum atomic E-state index is 12.7. The molecule has 2 fully saturated rings. The number of hydrogen-bond acceptors (Lipinski definition) is 7. The van der Waals surface area contributed by atoms with Crippen LogP contribution in [-0.2, 0) is 28.6 Å². The van der Waals surface area contributed by atoms with E-state index in [4.69, 9.17) is 14.2 Å². The Bertz CT molecular complexity index is 735. The molecule has 7 heteroatoms. The third-order valence-electron chi connectivity index (χ3n) is 5.61. The Morgan fingerprint density at radius 1 is 1.22 bits per heavy atom. The molecule has 23 heavy (non-hydrogen) atoms. The van der Waals surface area contributed by atoms with Crippen molar-refractivity contribution >= 4 is 17.7 Å². The van der Waals surface area contributed by atoms with E-state index in [1.807, 2.05) is 0 Å². The first kappa shape index (κ1) is 14.4. The van der Waals surface area contributed by atoms with Crippen LogP contribution >= 0.6 is 0 Å². The molecular weight excluding hydrogens is 304 g/mol. The van der Waals surface area contributed by atoms with Gasteiger partial charge in [-0.3, -0.25) is 9.59 Å². The number of rotatable bonds is 0. The summed E-state index contributed by atoms with van der Waals surface area (Å²) in [7, 11) is 0. The second-order valence-corrected chi connectivity index (χ2v) is 6.77. The van der Waals surface area contributed by atoms with Crippen molar-refractivity contribution in [3.05, 3.63) is 23.5 Å². The Balaban J connectivity index is 1.96. The van der Waals surface area contributed by atoms with Crippen LogP contribution in [0.5, 0.6) is 0 Å². The summed E-state index contributed by atoms with van der Waals surface area (Å²) in [6.45, 7) is 4.95. The van der Waals surface area contributed by atoms with Crippen LogP contribution in [0.1, 0.15) is 27.2 Å². The highest BCUT2D eigenvalue weighted by Gasteiger charge is 2.83. The summed E-state index contributed by atoms with van der Waals surface area (Å²) in [5.41, 5.74) is -2.31. The Labute approximate surface area is 131 Å². The molecule has 0 aromatic carbocycles. The first-order valence-electron chi connectivity index (χ1n) is 7.45. The van der Waals surface area contributed by atoms with Crippen LogP contribution in [0.15, 0.2) is 23.5 Å². The monoisotopic (exact) mass is 320 g/mol. The molecule has 122 valence electrons. The molecule has 0 radical (unpaired) electrons. The third kappa shape index (κ3) is 1.30. The zero-order chi connectivity index (χ0) is 16.8. The smallest absolute Gasteiger partial charge is 0.333 e. The van der Waals surface area contributed by atoms with Crippen LogP contribution in [0.25, 0.3) is 0 Å². The van der Waals surface area contributed by atoms with Gasteiger partial charge in [0.15, 0.2) is 17.1 Å². The van der Waals surface area contributed by atoms with E-state index in [2.05, 4.69) is 0 Å². The van der Waals surface area contributed by atoms with E-state index in [9.17, 15) is 19.5 Å². The van der Waals surface area contributed by atoms with Crippen LogP contribution in [0.2, 0.25) is 0 Å². The fourth-order valence-corrected chi connectivity index (χ4v) is 4.50. The summed E-state index contributed by atoms with van der Waals surface area (Å²) in [5.74, 6) is -6.05. The van der Waals surface area contributed by atoms with Crippen LogP contribution in [0.4, 0.5) is 0 Å². The van der Waals surface area contributed by atoms with Crippen molar-refractivity contribution in [3.63, 3.8) is 0 Å². The van der Waals surface area contributed by atoms with Crippen molar-refractivity contribution in [2.24, 2.45) is 11.8 Å². The van der Waals surface area contributed by atoms with Gasteiger partial charge in [0, 0.05) is 24.0 Å². The minimum Gasteiger partial charge on any atom is -0.485 e. The van der Waals surface area contributed by atoms with E-state index < -0.39 is 40.8 Å². The van der Waals surface area contributed by atoms with Crippen molar-refractivity contribution in [1.82, 2.24) is 0 Å². The molecule has 3 heterocycles. The molecule has 0 aromatic rings. The molecule has 1 spiro atoms. The zero-order valence-electron chi connectivity index (χ0n) is 12.9. The van der Waals surface area contributed by atoms with Gasteiger partial charge in [-0.25, -0.2) is 4.79 Å². The van der Waals surface area contributed by atoms with Gasteiger partial charge in [0.25, 0.3) is 5.79 Å². The van der Waals surface area contributed by atoms with E-state index in [1.54, 1.807) is 20.8 Å². The minimum absolute atomic E-state index is 0.119. The Morgan fingerprint density at radius 3 is 2.52 bits per heavy atom. The van der Waals surface area contributed by atoms with Crippen LogP contribution in [-0.4, -0.2) is 39.8 Å². The average molecular weight is 320 g/mol. The lowest BCUT2D eigenvalue weighted by molar-refractivity contribution is -0.304. The Hall–Kier alpha value is -2.15. The molecule has 1 saturated heterocycles. The highest BCUT2D eigenvalue weighted by atomic mass is 16.7. The highest BCUT2D eigenvalue weighted by Crippen LogP contribution is 2.63. The fraction of sp³-hybridized carbons (Fsp3) is 0.562. The highest BCUT2D eigenvalue weighted by molar-refractivity contribution is 6.07. The molecule has 2 bridgehead atoms. The number of aliphatic hydroxyl groups is 1. The topological polar surface area (TPSA) is 99.1 Å². The lowest BCUT2D eigenvalue weighted by Crippen LogP contribution is -2.72. The standard InChI is InChI=1S/C16H16O7/c1-7-6-21-15(12(7)18)9(3)5-14-8(2)4-10(17)22-16(14,20)11(15)13(19)23-14/h4,6,9,11,20H,5H2,1-3H3/t9-,11-,14+,15?,16+/m1/s1. The van der Waals surface area contributed by atoms with Crippen molar-refractivity contribution in [1.29, 1.82) is 0 Å². The summed E-state index contributed by atoms with van der Waals surface area (Å²) in [5, 5.41) is 11.2. The average Bonchev–Trinajstić information content (AvgIpc) is 2.80. The van der Waals surface area contributed by atoms with Gasteiger partial charge < -0.3 is 19.3 Å². The van der Waals surface area contributed by atoms with E-state index in [1.165, 1.54) is 12.3 Å². The molecule has 1 unspecified atom stereocenters. The number of ketones is 1. The van der Waals surface area contributed by atoms with Crippen molar-refractivity contribution in [2.75, 3.05) is 0 Å². The summed E-state index contributed by atoms with van der Waals surface area (Å²) in [4.78, 5) is 37.1. The summed E-state index contributed by atoms with van der Waals surface area (Å²) in [6.07, 6.45) is 2.61. The quantitative estimate of drug-likeness (QED) is 0.644. The molecule has 4 aliphatic rings. The van der Waals surface area contributed by atoms with Gasteiger partial charge in [-0.1, -0.05) is 6.92 Å². The molecule has 1 N–H and O–H groups in total. The maximum Gasteiger partial charge on any atom is 0.333 e. The first-order valence-corrected chi connectivity index (χ1v) is 7.45. The number of hydrogen-bond donors (Lipinski definition) is 1. The Kier molecular flexibility index (Phi) is 2.41. The predicted octanol–water partition coefficient (Wildman–Crippen LogP) is 0.372. The summed E-state index contributed by atoms with van der Waals surface area (Å²) < 4.78 is 16.3.